The molecule has 1 fully saturated rings. The van der Waals surface area contributed by atoms with Crippen molar-refractivity contribution in [2.75, 3.05) is 26.8 Å². The number of methoxy groups -OCH3 is 1. The molecule has 0 radical (unpaired) electrons. The van der Waals surface area contributed by atoms with Gasteiger partial charge in [-0.25, -0.2) is 13.2 Å². The summed E-state index contributed by atoms with van der Waals surface area (Å²) in [5.74, 6) is -1.47. The number of nitrogens with two attached hydrogens (primary N) is 1. The second-order valence-electron chi connectivity index (χ2n) is 5.73. The van der Waals surface area contributed by atoms with E-state index < -0.39 is 28.5 Å². The van der Waals surface area contributed by atoms with Gasteiger partial charge in [-0.3, -0.25) is 4.79 Å². The number of carbonyl (C=O) groups is 2. The number of ether oxygens (including phenoxy) is 2. The number of hydrogen-bond acceptors (Lipinski definition) is 6. The highest BCUT2D eigenvalue weighted by Gasteiger charge is 2.29. The summed E-state index contributed by atoms with van der Waals surface area (Å²) in [5, 5.41) is 0. The largest absolute Gasteiger partial charge is 0.495 e. The molecular formula is C16H22N2O6S. The third-order valence-corrected chi connectivity index (χ3v) is 5.85. The van der Waals surface area contributed by atoms with Gasteiger partial charge in [-0.1, -0.05) is 12.8 Å². The molecule has 0 saturated carbocycles. The van der Waals surface area contributed by atoms with Gasteiger partial charge in [-0.2, -0.15) is 4.31 Å². The maximum atomic E-state index is 13.0. The summed E-state index contributed by atoms with van der Waals surface area (Å²) in [5.41, 5.74) is 4.95. The van der Waals surface area contributed by atoms with Gasteiger partial charge in [-0.15, -0.1) is 0 Å². The second kappa shape index (κ2) is 8.30. The van der Waals surface area contributed by atoms with Crippen molar-refractivity contribution in [3.05, 3.63) is 23.8 Å². The summed E-state index contributed by atoms with van der Waals surface area (Å²) in [4.78, 5) is 22.6. The van der Waals surface area contributed by atoms with Gasteiger partial charge in [0.2, 0.25) is 10.0 Å². The number of nitrogens with zero attached hydrogens (tertiary/aromatic N) is 1. The van der Waals surface area contributed by atoms with Crippen LogP contribution in [-0.2, 0) is 19.6 Å². The fraction of sp³-hybridized carbons (Fsp3) is 0.500. The van der Waals surface area contributed by atoms with Crippen LogP contribution in [0.4, 0.5) is 0 Å². The average Bonchev–Trinajstić information content (AvgIpc) is 2.89. The Morgan fingerprint density at radius 1 is 1.16 bits per heavy atom. The fourth-order valence-electron chi connectivity index (χ4n) is 2.65. The molecule has 1 aromatic rings. The summed E-state index contributed by atoms with van der Waals surface area (Å²) >= 11 is 0. The van der Waals surface area contributed by atoms with E-state index in [0.29, 0.717) is 13.1 Å². The predicted molar refractivity (Wildman–Crippen MR) is 89.7 cm³/mol. The smallest absolute Gasteiger partial charge is 0.338 e. The first kappa shape index (κ1) is 19.2. The van der Waals surface area contributed by atoms with E-state index in [1.54, 1.807) is 0 Å². The third kappa shape index (κ3) is 4.70. The Labute approximate surface area is 146 Å². The van der Waals surface area contributed by atoms with Gasteiger partial charge in [0.05, 0.1) is 12.7 Å². The average molecular weight is 370 g/mol. The van der Waals surface area contributed by atoms with E-state index in [2.05, 4.69) is 0 Å². The molecule has 2 rings (SSSR count). The quantitative estimate of drug-likeness (QED) is 0.744. The molecule has 138 valence electrons. The molecule has 25 heavy (non-hydrogen) atoms. The van der Waals surface area contributed by atoms with Crippen molar-refractivity contribution in [1.82, 2.24) is 4.31 Å². The zero-order valence-electron chi connectivity index (χ0n) is 14.1. The molecule has 0 aromatic heterocycles. The number of sulfonamides is 1. The van der Waals surface area contributed by atoms with Crippen LogP contribution >= 0.6 is 0 Å². The summed E-state index contributed by atoms with van der Waals surface area (Å²) in [6.07, 6.45) is 3.56. The fourth-order valence-corrected chi connectivity index (χ4v) is 4.34. The molecule has 1 aliphatic heterocycles. The van der Waals surface area contributed by atoms with Gasteiger partial charge in [0.25, 0.3) is 5.91 Å². The van der Waals surface area contributed by atoms with Crippen molar-refractivity contribution in [2.45, 2.75) is 30.6 Å². The minimum atomic E-state index is -3.81. The molecule has 0 bridgehead atoms. The number of esters is 1. The Balaban J connectivity index is 2.35. The molecule has 2 N–H and O–H groups in total. The summed E-state index contributed by atoms with van der Waals surface area (Å²) < 4.78 is 37.3. The first-order valence-electron chi connectivity index (χ1n) is 8.00. The number of carbonyl (C=O) groups excluding carboxylic acids is 2. The lowest BCUT2D eigenvalue weighted by molar-refractivity contribution is -0.121. The van der Waals surface area contributed by atoms with Gasteiger partial charge in [0.15, 0.2) is 6.61 Å². The molecule has 0 atom stereocenters. The maximum Gasteiger partial charge on any atom is 0.338 e. The maximum absolute atomic E-state index is 13.0. The SMILES string of the molecule is COc1ccc(C(=O)OCC(N)=O)cc1S(=O)(=O)N1CCCCCC1. The Kier molecular flexibility index (Phi) is 6.38. The van der Waals surface area contributed by atoms with Crippen molar-refractivity contribution in [1.29, 1.82) is 0 Å². The number of rotatable bonds is 6. The Morgan fingerprint density at radius 2 is 1.80 bits per heavy atom. The summed E-state index contributed by atoms with van der Waals surface area (Å²) in [7, 11) is -2.44. The van der Waals surface area contributed by atoms with Crippen LogP contribution in [0, 0.1) is 0 Å². The number of benzene rings is 1. The normalized spacial score (nSPS) is 16.0. The number of amides is 1. The van der Waals surface area contributed by atoms with E-state index in [9.17, 15) is 18.0 Å². The van der Waals surface area contributed by atoms with Crippen LogP contribution in [0.15, 0.2) is 23.1 Å². The molecule has 1 heterocycles. The van der Waals surface area contributed by atoms with Gasteiger partial charge in [0.1, 0.15) is 10.6 Å². The van der Waals surface area contributed by atoms with Crippen LogP contribution in [-0.4, -0.2) is 51.4 Å². The minimum absolute atomic E-state index is 0.00967. The number of primary amides is 1. The van der Waals surface area contributed by atoms with Crippen molar-refractivity contribution >= 4 is 21.9 Å². The Bertz CT molecular complexity index is 739. The molecule has 1 amide bonds. The zero-order chi connectivity index (χ0) is 18.4. The topological polar surface area (TPSA) is 116 Å². The van der Waals surface area contributed by atoms with Crippen LogP contribution in [0.3, 0.4) is 0 Å². The van der Waals surface area contributed by atoms with Gasteiger partial charge < -0.3 is 15.2 Å². The lowest BCUT2D eigenvalue weighted by atomic mass is 10.2. The monoisotopic (exact) mass is 370 g/mol. The molecule has 1 aromatic carbocycles. The summed E-state index contributed by atoms with van der Waals surface area (Å²) in [6, 6.07) is 3.98. The predicted octanol–water partition coefficient (Wildman–Crippen LogP) is 0.902. The van der Waals surface area contributed by atoms with Crippen LogP contribution in [0.5, 0.6) is 5.75 Å². The first-order chi connectivity index (χ1) is 11.9. The standard InChI is InChI=1S/C16H22N2O6S/c1-23-13-7-6-12(16(20)24-11-15(17)19)10-14(13)25(21,22)18-8-4-2-3-5-9-18/h6-7,10H,2-5,8-9,11H2,1H3,(H2,17,19). The van der Waals surface area contributed by atoms with Gasteiger partial charge in [-0.05, 0) is 31.0 Å². The molecular weight excluding hydrogens is 348 g/mol. The van der Waals surface area contributed by atoms with Crippen LogP contribution in [0.2, 0.25) is 0 Å². The van der Waals surface area contributed by atoms with Crippen molar-refractivity contribution in [3.8, 4) is 5.75 Å². The Morgan fingerprint density at radius 3 is 2.36 bits per heavy atom. The molecule has 0 unspecified atom stereocenters. The van der Waals surface area contributed by atoms with E-state index in [4.69, 9.17) is 15.2 Å². The van der Waals surface area contributed by atoms with Crippen LogP contribution in [0.1, 0.15) is 36.0 Å². The van der Waals surface area contributed by atoms with E-state index in [-0.39, 0.29) is 16.2 Å². The Hall–Kier alpha value is -2.13. The van der Waals surface area contributed by atoms with Crippen molar-refractivity contribution < 1.29 is 27.5 Å². The third-order valence-electron chi connectivity index (χ3n) is 3.93. The van der Waals surface area contributed by atoms with E-state index >= 15 is 0 Å². The molecule has 0 spiro atoms. The summed E-state index contributed by atoms with van der Waals surface area (Å²) in [6.45, 7) is 0.294. The molecule has 1 aliphatic rings. The van der Waals surface area contributed by atoms with Gasteiger partial charge in [0, 0.05) is 13.1 Å². The van der Waals surface area contributed by atoms with Crippen LogP contribution < -0.4 is 10.5 Å². The molecule has 1 saturated heterocycles. The molecule has 8 nitrogen and oxygen atoms in total. The van der Waals surface area contributed by atoms with E-state index in [1.807, 2.05) is 0 Å². The number of hydrogen-bond donors (Lipinski definition) is 1. The first-order valence-corrected chi connectivity index (χ1v) is 9.44. The lowest BCUT2D eigenvalue weighted by Crippen LogP contribution is -2.32. The van der Waals surface area contributed by atoms with E-state index in [1.165, 1.54) is 29.6 Å². The highest BCUT2D eigenvalue weighted by atomic mass is 32.2. The van der Waals surface area contributed by atoms with Gasteiger partial charge >= 0.3 is 5.97 Å². The van der Waals surface area contributed by atoms with Crippen LogP contribution in [0.25, 0.3) is 0 Å². The molecule has 9 heteroatoms. The highest BCUT2D eigenvalue weighted by Crippen LogP contribution is 2.29. The molecule has 0 aliphatic carbocycles. The highest BCUT2D eigenvalue weighted by molar-refractivity contribution is 7.89. The zero-order valence-corrected chi connectivity index (χ0v) is 14.9. The van der Waals surface area contributed by atoms with E-state index in [0.717, 1.165) is 25.7 Å². The minimum Gasteiger partial charge on any atom is -0.495 e. The second-order valence-corrected chi connectivity index (χ2v) is 7.63. The van der Waals surface area contributed by atoms with Crippen molar-refractivity contribution in [2.24, 2.45) is 5.73 Å². The lowest BCUT2D eigenvalue weighted by Gasteiger charge is -2.21. The van der Waals surface area contributed by atoms with Crippen molar-refractivity contribution in [3.63, 3.8) is 0 Å².